The average molecular weight is 254 g/mol. The minimum absolute atomic E-state index is 0.886. The van der Waals surface area contributed by atoms with Gasteiger partial charge in [0.15, 0.2) is 0 Å². The van der Waals surface area contributed by atoms with Crippen molar-refractivity contribution in [1.82, 2.24) is 10.2 Å². The Balaban J connectivity index is 1.91. The highest BCUT2D eigenvalue weighted by Gasteiger charge is 2.20. The largest absolute Gasteiger partial charge is 0.317 e. The first-order valence-corrected chi connectivity index (χ1v) is 8.17. The van der Waals surface area contributed by atoms with E-state index in [1.807, 2.05) is 0 Å². The van der Waals surface area contributed by atoms with Crippen LogP contribution in [-0.2, 0) is 0 Å². The molecule has 0 bridgehead atoms. The van der Waals surface area contributed by atoms with Crippen molar-refractivity contribution >= 4 is 0 Å². The molecule has 1 aliphatic heterocycles. The van der Waals surface area contributed by atoms with Gasteiger partial charge in [0.2, 0.25) is 0 Å². The lowest BCUT2D eigenvalue weighted by molar-refractivity contribution is 0.156. The zero-order chi connectivity index (χ0) is 13.2. The van der Waals surface area contributed by atoms with Crippen LogP contribution in [0.25, 0.3) is 0 Å². The summed E-state index contributed by atoms with van der Waals surface area (Å²) in [5, 5.41) is 3.48. The fraction of sp³-hybridized carbons (Fsp3) is 1.00. The number of hydrogen-bond donors (Lipinski definition) is 1. The van der Waals surface area contributed by atoms with Gasteiger partial charge in [-0.2, -0.15) is 0 Å². The van der Waals surface area contributed by atoms with Crippen molar-refractivity contribution in [1.29, 1.82) is 0 Å². The van der Waals surface area contributed by atoms with Crippen LogP contribution in [0.3, 0.4) is 0 Å². The standard InChI is InChI=1S/C16H34N2/c1-4-10-17-11-6-5-7-12-18-13-8-16(9-14-18)15(2)3/h15-17H,4-14H2,1-3H3. The molecule has 0 saturated carbocycles. The summed E-state index contributed by atoms with van der Waals surface area (Å²) in [6, 6.07) is 0. The Morgan fingerprint density at radius 1 is 1.06 bits per heavy atom. The quantitative estimate of drug-likeness (QED) is 0.633. The molecule has 0 unspecified atom stereocenters. The molecule has 0 atom stereocenters. The number of piperidine rings is 1. The van der Waals surface area contributed by atoms with Gasteiger partial charge in [0.1, 0.15) is 0 Å². The van der Waals surface area contributed by atoms with Crippen LogP contribution in [0, 0.1) is 11.8 Å². The molecule has 0 radical (unpaired) electrons. The molecule has 0 aromatic carbocycles. The van der Waals surface area contributed by atoms with Crippen LogP contribution in [-0.4, -0.2) is 37.6 Å². The molecule has 2 nitrogen and oxygen atoms in total. The number of nitrogens with zero attached hydrogens (tertiary/aromatic N) is 1. The third-order valence-electron chi connectivity index (χ3n) is 4.33. The molecule has 0 amide bonds. The van der Waals surface area contributed by atoms with E-state index in [-0.39, 0.29) is 0 Å². The minimum Gasteiger partial charge on any atom is -0.317 e. The molecule has 108 valence electrons. The molecule has 1 heterocycles. The normalized spacial score (nSPS) is 18.7. The average Bonchev–Trinajstić information content (AvgIpc) is 2.38. The van der Waals surface area contributed by atoms with Gasteiger partial charge in [0.25, 0.3) is 0 Å². The van der Waals surface area contributed by atoms with Gasteiger partial charge in [-0.15, -0.1) is 0 Å². The fourth-order valence-corrected chi connectivity index (χ4v) is 2.91. The Morgan fingerprint density at radius 3 is 2.39 bits per heavy atom. The molecule has 0 aliphatic carbocycles. The maximum Gasteiger partial charge on any atom is -0.00160 e. The molecule has 2 heteroatoms. The van der Waals surface area contributed by atoms with Crippen LogP contribution < -0.4 is 5.32 Å². The zero-order valence-corrected chi connectivity index (χ0v) is 12.9. The highest BCUT2D eigenvalue weighted by Crippen LogP contribution is 2.24. The summed E-state index contributed by atoms with van der Waals surface area (Å²) in [6.07, 6.45) is 8.24. The van der Waals surface area contributed by atoms with Crippen molar-refractivity contribution in [2.24, 2.45) is 11.8 Å². The SMILES string of the molecule is CCCNCCCCCN1CCC(C(C)C)CC1. The Labute approximate surface area is 115 Å². The van der Waals surface area contributed by atoms with Crippen molar-refractivity contribution in [3.05, 3.63) is 0 Å². The fourth-order valence-electron chi connectivity index (χ4n) is 2.91. The van der Waals surface area contributed by atoms with Crippen LogP contribution in [0.2, 0.25) is 0 Å². The van der Waals surface area contributed by atoms with E-state index in [9.17, 15) is 0 Å². The smallest absolute Gasteiger partial charge is 0.00160 e. The summed E-state index contributed by atoms with van der Waals surface area (Å²) >= 11 is 0. The molecule has 1 N–H and O–H groups in total. The number of unbranched alkanes of at least 4 members (excludes halogenated alkanes) is 2. The van der Waals surface area contributed by atoms with Crippen molar-refractivity contribution < 1.29 is 0 Å². The van der Waals surface area contributed by atoms with Gasteiger partial charge >= 0.3 is 0 Å². The van der Waals surface area contributed by atoms with Gasteiger partial charge in [0, 0.05) is 0 Å². The number of nitrogens with one attached hydrogen (secondary N) is 1. The summed E-state index contributed by atoms with van der Waals surface area (Å²) in [7, 11) is 0. The first-order valence-electron chi connectivity index (χ1n) is 8.17. The number of rotatable bonds is 9. The van der Waals surface area contributed by atoms with E-state index in [2.05, 4.69) is 31.0 Å². The van der Waals surface area contributed by atoms with E-state index in [0.29, 0.717) is 0 Å². The zero-order valence-electron chi connectivity index (χ0n) is 12.9. The van der Waals surface area contributed by atoms with E-state index >= 15 is 0 Å². The Morgan fingerprint density at radius 2 is 1.78 bits per heavy atom. The van der Waals surface area contributed by atoms with E-state index in [4.69, 9.17) is 0 Å². The molecule has 18 heavy (non-hydrogen) atoms. The maximum atomic E-state index is 3.48. The molecule has 1 saturated heterocycles. The van der Waals surface area contributed by atoms with Gasteiger partial charge < -0.3 is 10.2 Å². The Bertz CT molecular complexity index is 184. The van der Waals surface area contributed by atoms with Gasteiger partial charge in [-0.25, -0.2) is 0 Å². The second kappa shape index (κ2) is 9.80. The topological polar surface area (TPSA) is 15.3 Å². The molecule has 0 aromatic heterocycles. The monoisotopic (exact) mass is 254 g/mol. The molecule has 0 aromatic rings. The highest BCUT2D eigenvalue weighted by molar-refractivity contribution is 4.74. The first kappa shape index (κ1) is 16.0. The molecular formula is C16H34N2. The second-order valence-electron chi connectivity index (χ2n) is 6.23. The third-order valence-corrected chi connectivity index (χ3v) is 4.33. The maximum absolute atomic E-state index is 3.48. The minimum atomic E-state index is 0.886. The highest BCUT2D eigenvalue weighted by atomic mass is 15.1. The number of hydrogen-bond acceptors (Lipinski definition) is 2. The van der Waals surface area contributed by atoms with Crippen LogP contribution >= 0.6 is 0 Å². The summed E-state index contributed by atoms with van der Waals surface area (Å²) in [4.78, 5) is 2.68. The van der Waals surface area contributed by atoms with Gasteiger partial charge in [-0.1, -0.05) is 27.2 Å². The molecular weight excluding hydrogens is 220 g/mol. The lowest BCUT2D eigenvalue weighted by Crippen LogP contribution is -2.35. The van der Waals surface area contributed by atoms with Gasteiger partial charge in [-0.05, 0) is 76.7 Å². The summed E-state index contributed by atoms with van der Waals surface area (Å²) in [6.45, 7) is 13.4. The molecule has 1 fully saturated rings. The third kappa shape index (κ3) is 6.75. The Hall–Kier alpha value is -0.0800. The number of likely N-dealkylation sites (tertiary alicyclic amines) is 1. The van der Waals surface area contributed by atoms with Crippen molar-refractivity contribution in [3.8, 4) is 0 Å². The summed E-state index contributed by atoms with van der Waals surface area (Å²) in [5.74, 6) is 1.87. The van der Waals surface area contributed by atoms with E-state index in [0.717, 1.165) is 11.8 Å². The molecule has 1 aliphatic rings. The van der Waals surface area contributed by atoms with Crippen molar-refractivity contribution in [2.45, 2.75) is 59.3 Å². The predicted molar refractivity (Wildman–Crippen MR) is 81.0 cm³/mol. The Kier molecular flexibility index (Phi) is 8.70. The second-order valence-corrected chi connectivity index (χ2v) is 6.23. The first-order chi connectivity index (χ1) is 8.74. The van der Waals surface area contributed by atoms with Crippen molar-refractivity contribution in [2.75, 3.05) is 32.7 Å². The van der Waals surface area contributed by atoms with Crippen LogP contribution in [0.5, 0.6) is 0 Å². The summed E-state index contributed by atoms with van der Waals surface area (Å²) in [5.41, 5.74) is 0. The van der Waals surface area contributed by atoms with E-state index < -0.39 is 0 Å². The van der Waals surface area contributed by atoms with E-state index in [1.165, 1.54) is 71.2 Å². The van der Waals surface area contributed by atoms with Gasteiger partial charge in [0.05, 0.1) is 0 Å². The lowest BCUT2D eigenvalue weighted by atomic mass is 9.87. The van der Waals surface area contributed by atoms with Crippen molar-refractivity contribution in [3.63, 3.8) is 0 Å². The van der Waals surface area contributed by atoms with Crippen LogP contribution in [0.4, 0.5) is 0 Å². The van der Waals surface area contributed by atoms with Crippen LogP contribution in [0.15, 0.2) is 0 Å². The lowest BCUT2D eigenvalue weighted by Gasteiger charge is -2.33. The molecule has 0 spiro atoms. The molecule has 1 rings (SSSR count). The van der Waals surface area contributed by atoms with Crippen LogP contribution in [0.1, 0.15) is 59.3 Å². The van der Waals surface area contributed by atoms with E-state index in [1.54, 1.807) is 0 Å². The summed E-state index contributed by atoms with van der Waals surface area (Å²) < 4.78 is 0. The van der Waals surface area contributed by atoms with Gasteiger partial charge in [-0.3, -0.25) is 0 Å². The predicted octanol–water partition coefficient (Wildman–Crippen LogP) is 3.52.